The van der Waals surface area contributed by atoms with Gasteiger partial charge in [-0.3, -0.25) is 0 Å². The average molecular weight is 730 g/mol. The molecule has 0 N–H and O–H groups in total. The summed E-state index contributed by atoms with van der Waals surface area (Å²) in [6, 6.07) is 16.9. The maximum atomic E-state index is 9.94. The van der Waals surface area contributed by atoms with Crippen molar-refractivity contribution in [1.82, 2.24) is 9.13 Å². The Morgan fingerprint density at radius 2 is 0.804 bits per heavy atom. The first-order chi connectivity index (χ1) is 35.7. The number of nitrogens with zero attached hydrogens (tertiary/aromatic N) is 2. The number of rotatable bonds is 4. The van der Waals surface area contributed by atoms with E-state index in [9.17, 15) is 5.48 Å². The maximum absolute atomic E-state index is 9.94. The minimum absolute atomic E-state index is 0.0457. The summed E-state index contributed by atoms with van der Waals surface area (Å²) in [6.07, 6.45) is 0. The van der Waals surface area contributed by atoms with Gasteiger partial charge in [-0.25, -0.2) is 0 Å². The van der Waals surface area contributed by atoms with Crippen LogP contribution in [0.15, 0.2) is 206 Å². The predicted octanol–water partition coefficient (Wildman–Crippen LogP) is 14.7. The van der Waals surface area contributed by atoms with Crippen LogP contribution in [0, 0.1) is 0 Å². The molecule has 2 aromatic heterocycles. The zero-order valence-electron chi connectivity index (χ0n) is 48.1. The SMILES string of the molecule is [2H]c1cc2c(c([2H])c1[2H])c1c([2H])c([2H])c([2H])c([2H])c1c1c([2H])c(-n3c4ccccc4c4cc(-c5ccc6c(c5)c5ccccc5n6-c5c([2H])c([2H])c([2H])c(-c6c([2H])c([2H])c([2H])c([2H])c6[2H])c5[2H])ccc43)c([2H])c([2H])c21. The number of aromatic nitrogens is 2. The molecular formula is C54H34N2. The van der Waals surface area contributed by atoms with Gasteiger partial charge in [0.1, 0.15) is 0 Å². The van der Waals surface area contributed by atoms with Crippen LogP contribution in [-0.2, 0) is 0 Å². The minimum atomic E-state index is -0.667. The normalized spacial score (nSPS) is 16.7. The highest BCUT2D eigenvalue weighted by Gasteiger charge is 2.17. The number of hydrogen-bond acceptors (Lipinski definition) is 0. The van der Waals surface area contributed by atoms with Crippen LogP contribution in [0.25, 0.3) is 110 Å². The second kappa shape index (κ2) is 12.0. The third kappa shape index (κ3) is 4.57. The Morgan fingerprint density at radius 1 is 0.286 bits per heavy atom. The second-order valence-electron chi connectivity index (χ2n) is 13.4. The molecule has 12 rings (SSSR count). The van der Waals surface area contributed by atoms with E-state index in [0.29, 0.717) is 43.6 Å². The lowest BCUT2D eigenvalue weighted by molar-refractivity contribution is 1.18. The third-order valence-electron chi connectivity index (χ3n) is 10.5. The number of benzene rings is 10. The van der Waals surface area contributed by atoms with Crippen molar-refractivity contribution < 1.29 is 26.0 Å². The molecule has 0 aliphatic rings. The molecule has 0 spiro atoms. The molecule has 0 atom stereocenters. The highest BCUT2D eigenvalue weighted by molar-refractivity contribution is 6.25. The van der Waals surface area contributed by atoms with Gasteiger partial charge in [-0.05, 0) is 115 Å². The van der Waals surface area contributed by atoms with E-state index in [-0.39, 0.29) is 61.3 Å². The largest absolute Gasteiger partial charge is 0.309 e. The van der Waals surface area contributed by atoms with Crippen LogP contribution in [0.5, 0.6) is 0 Å². The minimum Gasteiger partial charge on any atom is -0.309 e. The number of hydrogen-bond donors (Lipinski definition) is 0. The molecule has 2 heterocycles. The fraction of sp³-hybridized carbons (Fsp3) is 0. The quantitative estimate of drug-likeness (QED) is 0.160. The molecule has 0 radical (unpaired) electrons. The summed E-state index contributed by atoms with van der Waals surface area (Å²) in [4.78, 5) is 0. The summed E-state index contributed by atoms with van der Waals surface area (Å²) in [5.74, 6) is 0. The van der Waals surface area contributed by atoms with Gasteiger partial charge >= 0.3 is 0 Å². The Kier molecular flexibility index (Phi) is 3.83. The van der Waals surface area contributed by atoms with Crippen molar-refractivity contribution >= 4 is 75.9 Å². The first-order valence-electron chi connectivity index (χ1n) is 27.3. The van der Waals surface area contributed by atoms with Crippen LogP contribution in [0.4, 0.5) is 0 Å². The van der Waals surface area contributed by atoms with Crippen LogP contribution in [0.1, 0.15) is 26.0 Å². The second-order valence-corrected chi connectivity index (χ2v) is 13.4. The van der Waals surface area contributed by atoms with Crippen LogP contribution in [-0.4, -0.2) is 9.13 Å². The molecule has 2 heteroatoms. The van der Waals surface area contributed by atoms with E-state index in [1.807, 2.05) is 60.7 Å². The Morgan fingerprint density at radius 3 is 1.48 bits per heavy atom. The van der Waals surface area contributed by atoms with Gasteiger partial charge in [0.2, 0.25) is 0 Å². The Labute approximate surface area is 350 Å². The van der Waals surface area contributed by atoms with Gasteiger partial charge in [-0.15, -0.1) is 0 Å². The fourth-order valence-corrected chi connectivity index (χ4v) is 8.06. The number of fused-ring (bicyclic) bond motifs is 12. The van der Waals surface area contributed by atoms with Gasteiger partial charge in [0, 0.05) is 32.9 Å². The third-order valence-corrected chi connectivity index (χ3v) is 10.5. The van der Waals surface area contributed by atoms with Crippen molar-refractivity contribution in [3.8, 4) is 33.6 Å². The monoisotopic (exact) mass is 729 g/mol. The molecule has 0 aliphatic carbocycles. The first kappa shape index (κ1) is 17.8. The summed E-state index contributed by atoms with van der Waals surface area (Å²) < 4.78 is 172. The summed E-state index contributed by atoms with van der Waals surface area (Å²) in [5.41, 5.74) is 2.65. The van der Waals surface area contributed by atoms with Gasteiger partial charge < -0.3 is 9.13 Å². The van der Waals surface area contributed by atoms with Crippen molar-refractivity contribution in [3.63, 3.8) is 0 Å². The molecule has 0 aliphatic heterocycles. The lowest BCUT2D eigenvalue weighted by atomic mass is 9.94. The van der Waals surface area contributed by atoms with Gasteiger partial charge in [0.05, 0.1) is 48.1 Å². The van der Waals surface area contributed by atoms with Crippen molar-refractivity contribution in [2.45, 2.75) is 0 Å². The molecule has 10 aromatic carbocycles. The van der Waals surface area contributed by atoms with E-state index in [1.54, 1.807) is 33.4 Å². The van der Waals surface area contributed by atoms with E-state index >= 15 is 0 Å². The zero-order chi connectivity index (χ0) is 53.3. The Bertz CT molecular complexity index is 4620. The molecule has 12 aromatic rings. The molecule has 0 unspecified atom stereocenters. The van der Waals surface area contributed by atoms with Gasteiger partial charge in [-0.1, -0.05) is 145 Å². The Balaban J connectivity index is 1.09. The highest BCUT2D eigenvalue weighted by Crippen LogP contribution is 2.41. The molecule has 0 saturated carbocycles. The molecule has 0 bridgehead atoms. The van der Waals surface area contributed by atoms with Crippen molar-refractivity contribution in [3.05, 3.63) is 206 Å². The zero-order valence-corrected chi connectivity index (χ0v) is 29.1. The van der Waals surface area contributed by atoms with Crippen LogP contribution in [0.2, 0.25) is 0 Å². The van der Waals surface area contributed by atoms with Crippen LogP contribution < -0.4 is 0 Å². The van der Waals surface area contributed by atoms with Crippen molar-refractivity contribution in [2.75, 3.05) is 0 Å². The average Bonchev–Trinajstić information content (AvgIpc) is 3.94. The summed E-state index contributed by atoms with van der Waals surface area (Å²) in [7, 11) is 0. The molecule has 0 fully saturated rings. The predicted molar refractivity (Wildman–Crippen MR) is 239 cm³/mol. The van der Waals surface area contributed by atoms with Crippen molar-refractivity contribution in [1.29, 1.82) is 0 Å². The van der Waals surface area contributed by atoms with Gasteiger partial charge in [-0.2, -0.15) is 0 Å². The summed E-state index contributed by atoms with van der Waals surface area (Å²) >= 11 is 0. The molecule has 260 valence electrons. The van der Waals surface area contributed by atoms with E-state index < -0.39 is 108 Å². The number of para-hydroxylation sites is 2. The standard InChI is InChI=1S/C54H34N2/c1-2-13-35(14-3-1)36-15-12-16-39(31-36)55-51-23-10-8-21-46(51)49-32-37(25-29-53(49)55)38-26-30-54-50(33-38)47-22-9-11-24-52(47)56(54)40-27-28-45-43-19-5-4-17-41(43)42-18-6-7-20-44(42)48(45)34-40/h1-34H/i1D,2D,3D,4D,5D,6D,7D,12D,13D,14D,15D,16D,17D,18D,20D,27D,28D,31D,34D. The molecule has 0 saturated heterocycles. The van der Waals surface area contributed by atoms with E-state index in [0.717, 1.165) is 11.1 Å². The van der Waals surface area contributed by atoms with Crippen molar-refractivity contribution in [2.24, 2.45) is 0 Å². The topological polar surface area (TPSA) is 9.86 Å². The van der Waals surface area contributed by atoms with Gasteiger partial charge in [0.15, 0.2) is 0 Å². The summed E-state index contributed by atoms with van der Waals surface area (Å²) in [6.45, 7) is 0. The molecular weight excluding hydrogens is 677 g/mol. The lowest BCUT2D eigenvalue weighted by Crippen LogP contribution is -1.94. The fourth-order valence-electron chi connectivity index (χ4n) is 8.06. The smallest absolute Gasteiger partial charge is 0.0652 e. The van der Waals surface area contributed by atoms with Crippen LogP contribution >= 0.6 is 0 Å². The molecule has 0 amide bonds. The Hall–Kier alpha value is -7.42. The van der Waals surface area contributed by atoms with E-state index in [1.165, 1.54) is 6.07 Å². The molecule has 56 heavy (non-hydrogen) atoms. The maximum Gasteiger partial charge on any atom is 0.0652 e. The first-order valence-corrected chi connectivity index (χ1v) is 17.8. The molecule has 2 nitrogen and oxygen atoms in total. The van der Waals surface area contributed by atoms with E-state index in [2.05, 4.69) is 0 Å². The van der Waals surface area contributed by atoms with E-state index in [4.69, 9.17) is 20.6 Å². The highest BCUT2D eigenvalue weighted by atomic mass is 15.0. The lowest BCUT2D eigenvalue weighted by Gasteiger charge is -2.14. The van der Waals surface area contributed by atoms with Gasteiger partial charge in [0.25, 0.3) is 0 Å². The summed E-state index contributed by atoms with van der Waals surface area (Å²) in [5, 5.41) is 2.37. The van der Waals surface area contributed by atoms with Crippen LogP contribution in [0.3, 0.4) is 0 Å².